The first-order valence-electron chi connectivity index (χ1n) is 6.72. The second-order valence-corrected chi connectivity index (χ2v) is 5.18. The van der Waals surface area contributed by atoms with Gasteiger partial charge in [-0.05, 0) is 19.1 Å². The zero-order valence-corrected chi connectivity index (χ0v) is 12.7. The summed E-state index contributed by atoms with van der Waals surface area (Å²) in [6, 6.07) is 4.18. The van der Waals surface area contributed by atoms with Crippen molar-refractivity contribution in [3.8, 4) is 17.0 Å². The molecule has 0 aliphatic heterocycles. The molecule has 8 heteroatoms. The van der Waals surface area contributed by atoms with Crippen LogP contribution in [0.3, 0.4) is 0 Å². The highest BCUT2D eigenvalue weighted by Crippen LogP contribution is 2.25. The molecule has 3 heterocycles. The van der Waals surface area contributed by atoms with Gasteiger partial charge in [-0.1, -0.05) is 0 Å². The Hall–Kier alpha value is -3.16. The topological polar surface area (TPSA) is 107 Å². The molecule has 0 fully saturated rings. The van der Waals surface area contributed by atoms with Gasteiger partial charge in [0.1, 0.15) is 22.7 Å². The molecule has 0 aliphatic rings. The van der Waals surface area contributed by atoms with Crippen LogP contribution in [0, 0.1) is 6.92 Å². The summed E-state index contributed by atoms with van der Waals surface area (Å²) in [6.45, 7) is 1.53. The Morgan fingerprint density at radius 1 is 1.13 bits per heavy atom. The van der Waals surface area contributed by atoms with Gasteiger partial charge in [0.15, 0.2) is 0 Å². The minimum absolute atomic E-state index is 0.118. The van der Waals surface area contributed by atoms with Crippen molar-refractivity contribution in [1.29, 1.82) is 0 Å². The van der Waals surface area contributed by atoms with Gasteiger partial charge in [-0.25, -0.2) is 14.6 Å². The molecule has 0 saturated carbocycles. The zero-order valence-electron chi connectivity index (χ0n) is 12.7. The molecule has 0 aliphatic carbocycles. The van der Waals surface area contributed by atoms with Gasteiger partial charge < -0.3 is 9.52 Å². The van der Waals surface area contributed by atoms with Gasteiger partial charge in [0.2, 0.25) is 0 Å². The lowest BCUT2D eigenvalue weighted by Gasteiger charge is -2.08. The fourth-order valence-electron chi connectivity index (χ4n) is 2.43. The lowest BCUT2D eigenvalue weighted by atomic mass is 10.1. The molecule has 0 radical (unpaired) electrons. The maximum absolute atomic E-state index is 12.1. The van der Waals surface area contributed by atoms with E-state index in [-0.39, 0.29) is 33.8 Å². The van der Waals surface area contributed by atoms with Gasteiger partial charge in [0.05, 0.1) is 11.1 Å². The Balaban J connectivity index is 2.42. The lowest BCUT2D eigenvalue weighted by molar-refractivity contribution is 0.438. The van der Waals surface area contributed by atoms with Crippen molar-refractivity contribution in [2.45, 2.75) is 6.92 Å². The fraction of sp³-hybridized carbons (Fsp3) is 0.200. The number of hydrogen-bond donors (Lipinski definition) is 1. The molecular formula is C15H13N3O5. The smallest absolute Gasteiger partial charge is 0.349 e. The van der Waals surface area contributed by atoms with Crippen LogP contribution in [0.25, 0.3) is 22.3 Å². The third-order valence-electron chi connectivity index (χ3n) is 3.61. The molecule has 0 unspecified atom stereocenters. The Morgan fingerprint density at radius 3 is 2.48 bits per heavy atom. The molecule has 3 aromatic heterocycles. The largest absolute Gasteiger partial charge is 0.507 e. The van der Waals surface area contributed by atoms with Crippen LogP contribution in [-0.2, 0) is 14.1 Å². The number of aromatic hydroxyl groups is 1. The molecule has 0 saturated heterocycles. The molecule has 0 spiro atoms. The SMILES string of the molecule is Cc1cc(O)c(-c2ccc3c(=O)n(C)c(=O)n(C)c3n2)c(=O)o1. The van der Waals surface area contributed by atoms with Crippen LogP contribution in [0.2, 0.25) is 0 Å². The minimum Gasteiger partial charge on any atom is -0.507 e. The molecule has 3 aromatic rings. The predicted molar refractivity (Wildman–Crippen MR) is 82.6 cm³/mol. The van der Waals surface area contributed by atoms with E-state index in [1.807, 2.05) is 0 Å². The van der Waals surface area contributed by atoms with Crippen LogP contribution in [0.4, 0.5) is 0 Å². The monoisotopic (exact) mass is 315 g/mol. The summed E-state index contributed by atoms with van der Waals surface area (Å²) in [5.74, 6) is -0.0160. The lowest BCUT2D eigenvalue weighted by Crippen LogP contribution is -2.37. The van der Waals surface area contributed by atoms with E-state index in [1.165, 1.54) is 43.8 Å². The van der Waals surface area contributed by atoms with Crippen LogP contribution in [0.5, 0.6) is 5.75 Å². The molecule has 1 N–H and O–H groups in total. The van der Waals surface area contributed by atoms with Crippen LogP contribution >= 0.6 is 0 Å². The predicted octanol–water partition coefficient (Wildman–Crippen LogP) is 0.266. The third kappa shape index (κ3) is 2.15. The number of rotatable bonds is 1. The van der Waals surface area contributed by atoms with Crippen LogP contribution in [0.15, 0.2) is 37.0 Å². The van der Waals surface area contributed by atoms with Gasteiger partial charge in [-0.2, -0.15) is 0 Å². The summed E-state index contributed by atoms with van der Waals surface area (Å²) < 4.78 is 7.14. The second kappa shape index (κ2) is 4.94. The summed E-state index contributed by atoms with van der Waals surface area (Å²) in [6.07, 6.45) is 0. The van der Waals surface area contributed by atoms with Gasteiger partial charge in [0.25, 0.3) is 5.56 Å². The molecule has 23 heavy (non-hydrogen) atoms. The van der Waals surface area contributed by atoms with Crippen molar-refractivity contribution >= 4 is 11.0 Å². The first kappa shape index (κ1) is 14.8. The number of fused-ring (bicyclic) bond motifs is 1. The van der Waals surface area contributed by atoms with Gasteiger partial charge in [-0.15, -0.1) is 0 Å². The maximum atomic E-state index is 12.1. The highest BCUT2D eigenvalue weighted by Gasteiger charge is 2.16. The number of aromatic nitrogens is 3. The Labute approximate surface area is 128 Å². The molecule has 0 aromatic carbocycles. The summed E-state index contributed by atoms with van der Waals surface area (Å²) in [7, 11) is 2.84. The van der Waals surface area contributed by atoms with Gasteiger partial charge in [-0.3, -0.25) is 13.9 Å². The number of hydrogen-bond acceptors (Lipinski definition) is 6. The average Bonchev–Trinajstić information content (AvgIpc) is 2.49. The van der Waals surface area contributed by atoms with Crippen LogP contribution in [-0.4, -0.2) is 19.2 Å². The number of nitrogens with zero attached hydrogens (tertiary/aromatic N) is 3. The molecule has 0 amide bonds. The fourth-order valence-corrected chi connectivity index (χ4v) is 2.43. The number of pyridine rings is 1. The normalized spacial score (nSPS) is 11.1. The molecule has 118 valence electrons. The molecule has 8 nitrogen and oxygen atoms in total. The number of aryl methyl sites for hydroxylation is 2. The Bertz CT molecular complexity index is 1120. The highest BCUT2D eigenvalue weighted by molar-refractivity contribution is 5.78. The van der Waals surface area contributed by atoms with E-state index in [2.05, 4.69) is 4.98 Å². The zero-order chi connectivity index (χ0) is 16.9. The van der Waals surface area contributed by atoms with Crippen molar-refractivity contribution in [2.75, 3.05) is 0 Å². The van der Waals surface area contributed by atoms with E-state index in [9.17, 15) is 19.5 Å². The summed E-state index contributed by atoms with van der Waals surface area (Å²) in [5, 5.41) is 10.2. The van der Waals surface area contributed by atoms with E-state index in [4.69, 9.17) is 4.42 Å². The molecule has 0 atom stereocenters. The maximum Gasteiger partial charge on any atom is 0.349 e. The Morgan fingerprint density at radius 2 is 1.83 bits per heavy atom. The molecule has 0 bridgehead atoms. The van der Waals surface area contributed by atoms with E-state index in [0.717, 1.165) is 4.57 Å². The molecule has 3 rings (SSSR count). The van der Waals surface area contributed by atoms with E-state index >= 15 is 0 Å². The first-order chi connectivity index (χ1) is 10.8. The molecular weight excluding hydrogens is 302 g/mol. The van der Waals surface area contributed by atoms with Crippen LogP contribution in [0.1, 0.15) is 5.76 Å². The summed E-state index contributed by atoms with van der Waals surface area (Å²) in [5.41, 5.74) is -1.65. The average molecular weight is 315 g/mol. The van der Waals surface area contributed by atoms with Crippen LogP contribution < -0.4 is 16.9 Å². The van der Waals surface area contributed by atoms with Crippen molar-refractivity contribution < 1.29 is 9.52 Å². The highest BCUT2D eigenvalue weighted by atomic mass is 16.4. The van der Waals surface area contributed by atoms with Crippen molar-refractivity contribution in [3.05, 3.63) is 55.2 Å². The second-order valence-electron chi connectivity index (χ2n) is 5.18. The summed E-state index contributed by atoms with van der Waals surface area (Å²) >= 11 is 0. The Kier molecular flexibility index (Phi) is 3.17. The van der Waals surface area contributed by atoms with Crippen molar-refractivity contribution in [2.24, 2.45) is 14.1 Å². The first-order valence-corrected chi connectivity index (χ1v) is 6.72. The van der Waals surface area contributed by atoms with Gasteiger partial charge in [0, 0.05) is 20.2 Å². The van der Waals surface area contributed by atoms with E-state index in [1.54, 1.807) is 0 Å². The minimum atomic E-state index is -0.747. The summed E-state index contributed by atoms with van der Waals surface area (Å²) in [4.78, 5) is 40.3. The quantitative estimate of drug-likeness (QED) is 0.690. The van der Waals surface area contributed by atoms with Crippen molar-refractivity contribution in [1.82, 2.24) is 14.1 Å². The standard InChI is InChI=1S/C15H13N3O5/c1-7-6-10(19)11(14(21)23-7)9-5-4-8-12(16-9)17(2)15(22)18(3)13(8)20/h4-6,19H,1-3H3. The van der Waals surface area contributed by atoms with Gasteiger partial charge >= 0.3 is 11.3 Å². The van der Waals surface area contributed by atoms with Crippen molar-refractivity contribution in [3.63, 3.8) is 0 Å². The van der Waals surface area contributed by atoms with E-state index in [0.29, 0.717) is 0 Å². The third-order valence-corrected chi connectivity index (χ3v) is 3.61. The van der Waals surface area contributed by atoms with E-state index < -0.39 is 16.9 Å².